The lowest BCUT2D eigenvalue weighted by Gasteiger charge is -2.34. The SMILES string of the molecule is Cc1ccccc1C#Cc1cc2cnc(Oc3ccc(N4CCN(C)CC4)cc3)nc2n(Cc2ncccc2-c2nccs2)c1=O. The maximum absolute atomic E-state index is 14.1. The van der Waals surface area contributed by atoms with Gasteiger partial charge in [-0.1, -0.05) is 30.0 Å². The third-order valence-corrected chi connectivity index (χ3v) is 8.86. The van der Waals surface area contributed by atoms with E-state index in [4.69, 9.17) is 9.72 Å². The zero-order valence-electron chi connectivity index (χ0n) is 25.6. The molecule has 1 aliphatic rings. The molecular weight excluding hydrogens is 595 g/mol. The fourth-order valence-corrected chi connectivity index (χ4v) is 6.12. The average molecular weight is 626 g/mol. The van der Waals surface area contributed by atoms with Gasteiger partial charge in [-0.2, -0.15) is 4.98 Å². The highest BCUT2D eigenvalue weighted by Gasteiger charge is 2.17. The Bertz CT molecular complexity index is 2130. The highest BCUT2D eigenvalue weighted by atomic mass is 32.1. The van der Waals surface area contributed by atoms with Gasteiger partial charge in [-0.15, -0.1) is 11.3 Å². The van der Waals surface area contributed by atoms with Crippen molar-refractivity contribution in [3.05, 3.63) is 123 Å². The lowest BCUT2D eigenvalue weighted by atomic mass is 10.1. The van der Waals surface area contributed by atoms with Crippen LogP contribution in [0.1, 0.15) is 22.4 Å². The minimum absolute atomic E-state index is 0.146. The van der Waals surface area contributed by atoms with Crippen LogP contribution in [-0.4, -0.2) is 62.6 Å². The Hall–Kier alpha value is -5.37. The molecule has 0 bridgehead atoms. The van der Waals surface area contributed by atoms with Crippen LogP contribution in [0.2, 0.25) is 0 Å². The van der Waals surface area contributed by atoms with Gasteiger partial charge in [0.2, 0.25) is 0 Å². The number of thiazole rings is 1. The van der Waals surface area contributed by atoms with E-state index < -0.39 is 0 Å². The molecule has 2 aromatic carbocycles. The molecular formula is C36H31N7O2S. The van der Waals surface area contributed by atoms with Crippen molar-refractivity contribution in [2.75, 3.05) is 38.1 Å². The molecule has 0 spiro atoms. The molecule has 0 N–H and O–H groups in total. The number of fused-ring (bicyclic) bond motifs is 1. The van der Waals surface area contributed by atoms with Crippen LogP contribution >= 0.6 is 11.3 Å². The smallest absolute Gasteiger partial charge is 0.323 e. The zero-order valence-corrected chi connectivity index (χ0v) is 26.4. The van der Waals surface area contributed by atoms with Crippen molar-refractivity contribution < 1.29 is 4.74 Å². The summed E-state index contributed by atoms with van der Waals surface area (Å²) in [5.41, 5.74) is 5.12. The fraction of sp³-hybridized carbons (Fsp3) is 0.194. The molecule has 10 heteroatoms. The number of nitrogens with zero attached hydrogens (tertiary/aromatic N) is 7. The third-order valence-electron chi connectivity index (χ3n) is 8.06. The number of aryl methyl sites for hydroxylation is 1. The normalized spacial score (nSPS) is 13.4. The molecule has 1 aliphatic heterocycles. The van der Waals surface area contributed by atoms with Crippen LogP contribution in [0.3, 0.4) is 0 Å². The molecule has 9 nitrogen and oxygen atoms in total. The maximum atomic E-state index is 14.1. The summed E-state index contributed by atoms with van der Waals surface area (Å²) in [6.45, 7) is 6.21. The first-order valence-electron chi connectivity index (χ1n) is 15.1. The quantitative estimate of drug-likeness (QED) is 0.221. The molecule has 0 atom stereocenters. The van der Waals surface area contributed by atoms with Crippen molar-refractivity contribution in [1.82, 2.24) is 29.4 Å². The Kier molecular flexibility index (Phi) is 8.25. The van der Waals surface area contributed by atoms with Crippen molar-refractivity contribution in [2.45, 2.75) is 13.5 Å². The lowest BCUT2D eigenvalue weighted by molar-refractivity contribution is 0.313. The summed E-state index contributed by atoms with van der Waals surface area (Å²) < 4.78 is 7.70. The van der Waals surface area contributed by atoms with Gasteiger partial charge in [-0.05, 0) is 68.1 Å². The molecule has 46 heavy (non-hydrogen) atoms. The summed E-state index contributed by atoms with van der Waals surface area (Å²) >= 11 is 1.52. The van der Waals surface area contributed by atoms with Crippen LogP contribution in [0, 0.1) is 18.8 Å². The van der Waals surface area contributed by atoms with Gasteiger partial charge in [0.15, 0.2) is 5.65 Å². The minimum atomic E-state index is -0.273. The first-order chi connectivity index (χ1) is 22.5. The average Bonchev–Trinajstić information content (AvgIpc) is 3.62. The predicted molar refractivity (Wildman–Crippen MR) is 182 cm³/mol. The van der Waals surface area contributed by atoms with E-state index in [-0.39, 0.29) is 18.1 Å². The summed E-state index contributed by atoms with van der Waals surface area (Å²) in [6.07, 6.45) is 5.15. The van der Waals surface area contributed by atoms with E-state index in [2.05, 4.69) is 55.8 Å². The van der Waals surface area contributed by atoms with Gasteiger partial charge in [0.25, 0.3) is 5.56 Å². The number of ether oxygens (including phenoxy) is 1. The van der Waals surface area contributed by atoms with E-state index in [1.807, 2.05) is 60.8 Å². The minimum Gasteiger partial charge on any atom is -0.424 e. The number of benzene rings is 2. The van der Waals surface area contributed by atoms with Crippen molar-refractivity contribution in [2.24, 2.45) is 0 Å². The van der Waals surface area contributed by atoms with Gasteiger partial charge < -0.3 is 14.5 Å². The molecule has 4 aromatic heterocycles. The molecule has 0 amide bonds. The number of aromatic nitrogens is 5. The lowest BCUT2D eigenvalue weighted by Crippen LogP contribution is -2.44. The fourth-order valence-electron chi connectivity index (χ4n) is 5.44. The number of anilines is 1. The summed E-state index contributed by atoms with van der Waals surface area (Å²) in [5, 5.41) is 3.41. The molecule has 1 saturated heterocycles. The van der Waals surface area contributed by atoms with Gasteiger partial charge in [0.05, 0.1) is 17.8 Å². The molecule has 0 saturated carbocycles. The largest absolute Gasteiger partial charge is 0.424 e. The highest BCUT2D eigenvalue weighted by molar-refractivity contribution is 7.13. The second-order valence-electron chi connectivity index (χ2n) is 11.2. The standard InChI is InChI=1S/C36H31N7O2S/c1-25-6-3-4-7-26(25)9-10-27-22-28-23-39-36(45-30-13-11-29(12-14-30)42-19-17-41(2)18-20-42)40-33(28)43(35(27)44)24-32-31(8-5-15-37-32)34-38-16-21-46-34/h3-8,11-16,21-23H,17-20,24H2,1-2H3. The molecule has 7 rings (SSSR count). The summed E-state index contributed by atoms with van der Waals surface area (Å²) in [6, 6.07) is 21.5. The Labute approximate surface area is 270 Å². The number of pyridine rings is 2. The Morgan fingerprint density at radius 1 is 0.891 bits per heavy atom. The van der Waals surface area contributed by atoms with Gasteiger partial charge in [-0.3, -0.25) is 14.3 Å². The molecule has 1 fully saturated rings. The van der Waals surface area contributed by atoms with E-state index in [0.29, 0.717) is 28.0 Å². The summed E-state index contributed by atoms with van der Waals surface area (Å²) in [7, 11) is 2.15. The molecule has 228 valence electrons. The van der Waals surface area contributed by atoms with Gasteiger partial charge in [0.1, 0.15) is 10.8 Å². The van der Waals surface area contributed by atoms with E-state index in [0.717, 1.165) is 53.6 Å². The third kappa shape index (κ3) is 6.24. The Morgan fingerprint density at radius 2 is 1.70 bits per heavy atom. The maximum Gasteiger partial charge on any atom is 0.323 e. The number of rotatable bonds is 6. The van der Waals surface area contributed by atoms with Crippen molar-refractivity contribution >= 4 is 28.1 Å². The van der Waals surface area contributed by atoms with Gasteiger partial charge >= 0.3 is 6.01 Å². The van der Waals surface area contributed by atoms with Crippen molar-refractivity contribution in [3.63, 3.8) is 0 Å². The van der Waals surface area contributed by atoms with E-state index >= 15 is 0 Å². The molecule has 0 aliphatic carbocycles. The number of hydrogen-bond donors (Lipinski definition) is 0. The van der Waals surface area contributed by atoms with Gasteiger partial charge in [-0.25, -0.2) is 9.97 Å². The monoisotopic (exact) mass is 625 g/mol. The van der Waals surface area contributed by atoms with Crippen molar-refractivity contribution in [3.8, 4) is 34.2 Å². The number of hydrogen-bond acceptors (Lipinski definition) is 9. The van der Waals surface area contributed by atoms with Crippen LogP contribution in [-0.2, 0) is 6.54 Å². The number of likely N-dealkylation sites (N-methyl/N-ethyl adjacent to an activating group) is 1. The Balaban J connectivity index is 1.26. The van der Waals surface area contributed by atoms with Crippen LogP contribution < -0.4 is 15.2 Å². The van der Waals surface area contributed by atoms with Crippen LogP contribution in [0.15, 0.2) is 95.5 Å². The topological polar surface area (TPSA) is 89.3 Å². The second kappa shape index (κ2) is 12.9. The first-order valence-corrected chi connectivity index (χ1v) is 15.9. The molecule has 0 radical (unpaired) electrons. The first kappa shape index (κ1) is 29.3. The highest BCUT2D eigenvalue weighted by Crippen LogP contribution is 2.27. The van der Waals surface area contributed by atoms with E-state index in [9.17, 15) is 4.79 Å². The van der Waals surface area contributed by atoms with Crippen LogP contribution in [0.25, 0.3) is 21.6 Å². The van der Waals surface area contributed by atoms with E-state index in [1.165, 1.54) is 11.3 Å². The molecule has 5 heterocycles. The van der Waals surface area contributed by atoms with Crippen LogP contribution in [0.5, 0.6) is 11.8 Å². The van der Waals surface area contributed by atoms with E-state index in [1.54, 1.807) is 29.2 Å². The summed E-state index contributed by atoms with van der Waals surface area (Å²) in [5.74, 6) is 6.90. The second-order valence-corrected chi connectivity index (χ2v) is 12.1. The number of piperazine rings is 1. The molecule has 0 unspecified atom stereocenters. The van der Waals surface area contributed by atoms with Crippen molar-refractivity contribution in [1.29, 1.82) is 0 Å². The molecule has 6 aromatic rings. The predicted octanol–water partition coefficient (Wildman–Crippen LogP) is 5.61. The zero-order chi connectivity index (χ0) is 31.5. The summed E-state index contributed by atoms with van der Waals surface area (Å²) in [4.78, 5) is 37.1. The van der Waals surface area contributed by atoms with Gasteiger partial charge in [0, 0.05) is 72.4 Å². The Morgan fingerprint density at radius 3 is 2.48 bits per heavy atom. The van der Waals surface area contributed by atoms with Crippen LogP contribution in [0.4, 0.5) is 5.69 Å².